The summed E-state index contributed by atoms with van der Waals surface area (Å²) < 4.78 is 26.7. The Morgan fingerprint density at radius 3 is 2.48 bits per heavy atom. The van der Waals surface area contributed by atoms with Crippen LogP contribution in [0.25, 0.3) is 0 Å². The number of piperidine rings is 1. The molecule has 3 unspecified atom stereocenters. The second kappa shape index (κ2) is 7.32. The molecule has 1 saturated heterocycles. The zero-order chi connectivity index (χ0) is 15.4. The van der Waals surface area contributed by atoms with Crippen molar-refractivity contribution in [2.45, 2.75) is 45.2 Å². The monoisotopic (exact) mass is 296 g/mol. The predicted molar refractivity (Wildman–Crippen MR) is 82.2 cm³/mol. The van der Waals surface area contributed by atoms with Crippen LogP contribution in [-0.2, 0) is 0 Å². The highest BCUT2D eigenvalue weighted by Crippen LogP contribution is 2.24. The van der Waals surface area contributed by atoms with Crippen LogP contribution in [-0.4, -0.2) is 31.1 Å². The van der Waals surface area contributed by atoms with E-state index in [-0.39, 0.29) is 6.04 Å². The largest absolute Gasteiger partial charge is 0.313 e. The fraction of sp³-hybridized carbons (Fsp3) is 0.647. The Kier molecular flexibility index (Phi) is 5.71. The highest BCUT2D eigenvalue weighted by atomic mass is 19.1. The van der Waals surface area contributed by atoms with E-state index in [0.717, 1.165) is 31.5 Å². The fourth-order valence-corrected chi connectivity index (χ4v) is 3.24. The van der Waals surface area contributed by atoms with E-state index in [2.05, 4.69) is 24.1 Å². The molecule has 1 aromatic carbocycles. The maximum Gasteiger partial charge on any atom is 0.126 e. The Morgan fingerprint density at radius 2 is 1.86 bits per heavy atom. The lowest BCUT2D eigenvalue weighted by atomic mass is 9.94. The van der Waals surface area contributed by atoms with Gasteiger partial charge in [-0.25, -0.2) is 8.78 Å². The van der Waals surface area contributed by atoms with Gasteiger partial charge in [-0.05, 0) is 56.8 Å². The summed E-state index contributed by atoms with van der Waals surface area (Å²) in [5.74, 6) is -0.281. The van der Waals surface area contributed by atoms with E-state index in [9.17, 15) is 8.78 Å². The molecular formula is C17H26F2N2. The van der Waals surface area contributed by atoms with Crippen LogP contribution in [0.4, 0.5) is 8.78 Å². The smallest absolute Gasteiger partial charge is 0.126 e. The lowest BCUT2D eigenvalue weighted by molar-refractivity contribution is 0.119. The van der Waals surface area contributed by atoms with Crippen LogP contribution in [0.1, 0.15) is 44.7 Å². The number of hydrogen-bond donors (Lipinski definition) is 1. The first-order valence-corrected chi connectivity index (χ1v) is 7.87. The minimum atomic E-state index is -0.509. The lowest BCUT2D eigenvalue weighted by Gasteiger charge is -2.37. The molecule has 118 valence electrons. The summed E-state index contributed by atoms with van der Waals surface area (Å²) in [7, 11) is 1.84. The molecule has 3 atom stereocenters. The highest BCUT2D eigenvalue weighted by molar-refractivity contribution is 5.21. The molecule has 2 rings (SSSR count). The molecule has 0 amide bonds. The van der Waals surface area contributed by atoms with Crippen molar-refractivity contribution < 1.29 is 8.78 Å². The van der Waals surface area contributed by atoms with Gasteiger partial charge in [0.05, 0.1) is 0 Å². The van der Waals surface area contributed by atoms with Crippen LogP contribution >= 0.6 is 0 Å². The Morgan fingerprint density at radius 1 is 1.19 bits per heavy atom. The molecule has 0 aliphatic carbocycles. The summed E-state index contributed by atoms with van der Waals surface area (Å²) in [4.78, 5) is 2.49. The van der Waals surface area contributed by atoms with Crippen LogP contribution in [0.5, 0.6) is 0 Å². The van der Waals surface area contributed by atoms with Gasteiger partial charge >= 0.3 is 0 Å². The highest BCUT2D eigenvalue weighted by Gasteiger charge is 2.23. The molecule has 1 N–H and O–H groups in total. The fourth-order valence-electron chi connectivity index (χ4n) is 3.24. The standard InChI is InChI=1S/C17H26F2N2/c1-12-4-5-13(2)21(11-12)7-6-17(20-3)14-8-15(18)10-16(19)9-14/h8-10,12-13,17,20H,4-7,11H2,1-3H3. The van der Waals surface area contributed by atoms with Gasteiger partial charge in [0.2, 0.25) is 0 Å². The van der Waals surface area contributed by atoms with Gasteiger partial charge in [-0.3, -0.25) is 0 Å². The summed E-state index contributed by atoms with van der Waals surface area (Å²) >= 11 is 0. The maximum absolute atomic E-state index is 13.4. The summed E-state index contributed by atoms with van der Waals surface area (Å²) in [5.41, 5.74) is 0.688. The summed E-state index contributed by atoms with van der Waals surface area (Å²) in [6.45, 7) is 6.63. The van der Waals surface area contributed by atoms with E-state index >= 15 is 0 Å². The van der Waals surface area contributed by atoms with E-state index in [1.165, 1.54) is 25.0 Å². The molecule has 1 aliphatic rings. The molecule has 0 spiro atoms. The van der Waals surface area contributed by atoms with Crippen molar-refractivity contribution in [1.29, 1.82) is 0 Å². The lowest BCUT2D eigenvalue weighted by Crippen LogP contribution is -2.42. The average molecular weight is 296 g/mol. The molecule has 1 heterocycles. The number of rotatable bonds is 5. The summed E-state index contributed by atoms with van der Waals surface area (Å²) in [6.07, 6.45) is 3.39. The van der Waals surface area contributed by atoms with Crippen LogP contribution in [0, 0.1) is 17.6 Å². The van der Waals surface area contributed by atoms with Crippen LogP contribution in [0.15, 0.2) is 18.2 Å². The number of nitrogens with one attached hydrogen (secondary N) is 1. The van der Waals surface area contributed by atoms with E-state index < -0.39 is 11.6 Å². The van der Waals surface area contributed by atoms with E-state index in [0.29, 0.717) is 11.6 Å². The van der Waals surface area contributed by atoms with E-state index in [1.54, 1.807) is 0 Å². The molecular weight excluding hydrogens is 270 g/mol. The Hall–Kier alpha value is -1.00. The molecule has 0 aromatic heterocycles. The first-order valence-electron chi connectivity index (χ1n) is 7.87. The molecule has 0 bridgehead atoms. The molecule has 0 saturated carbocycles. The van der Waals surface area contributed by atoms with Gasteiger partial charge in [0, 0.05) is 31.2 Å². The number of benzene rings is 1. The zero-order valence-corrected chi connectivity index (χ0v) is 13.2. The Balaban J connectivity index is 1.98. The second-order valence-corrected chi connectivity index (χ2v) is 6.36. The topological polar surface area (TPSA) is 15.3 Å². The molecule has 1 aromatic rings. The number of halogens is 2. The molecule has 21 heavy (non-hydrogen) atoms. The number of nitrogens with zero attached hydrogens (tertiary/aromatic N) is 1. The number of likely N-dealkylation sites (tertiary alicyclic amines) is 1. The minimum absolute atomic E-state index is 0.0142. The Labute approximate surface area is 126 Å². The SMILES string of the molecule is CNC(CCN1CC(C)CCC1C)c1cc(F)cc(F)c1. The maximum atomic E-state index is 13.4. The van der Waals surface area contributed by atoms with Gasteiger partial charge in [0.15, 0.2) is 0 Å². The van der Waals surface area contributed by atoms with E-state index in [1.807, 2.05) is 7.05 Å². The third-order valence-corrected chi connectivity index (χ3v) is 4.59. The molecule has 1 aliphatic heterocycles. The van der Waals surface area contributed by atoms with Crippen molar-refractivity contribution in [1.82, 2.24) is 10.2 Å². The third kappa shape index (κ3) is 4.48. The van der Waals surface area contributed by atoms with Gasteiger partial charge in [-0.15, -0.1) is 0 Å². The van der Waals surface area contributed by atoms with Crippen molar-refractivity contribution in [2.24, 2.45) is 5.92 Å². The van der Waals surface area contributed by atoms with Gasteiger partial charge in [-0.1, -0.05) is 6.92 Å². The van der Waals surface area contributed by atoms with Crippen molar-refractivity contribution in [3.05, 3.63) is 35.4 Å². The average Bonchev–Trinajstić information content (AvgIpc) is 2.42. The van der Waals surface area contributed by atoms with Crippen molar-refractivity contribution in [3.8, 4) is 0 Å². The normalized spacial score (nSPS) is 25.0. The summed E-state index contributed by atoms with van der Waals surface area (Å²) in [6, 6.07) is 4.35. The third-order valence-electron chi connectivity index (χ3n) is 4.59. The van der Waals surface area contributed by atoms with Crippen LogP contribution in [0.2, 0.25) is 0 Å². The van der Waals surface area contributed by atoms with Crippen molar-refractivity contribution in [2.75, 3.05) is 20.1 Å². The van der Waals surface area contributed by atoms with Gasteiger partial charge in [0.1, 0.15) is 11.6 Å². The first-order chi connectivity index (χ1) is 9.99. The predicted octanol–water partition coefficient (Wildman–Crippen LogP) is 3.74. The van der Waals surface area contributed by atoms with E-state index in [4.69, 9.17) is 0 Å². The quantitative estimate of drug-likeness (QED) is 0.890. The Bertz CT molecular complexity index is 444. The van der Waals surface area contributed by atoms with Crippen molar-refractivity contribution in [3.63, 3.8) is 0 Å². The van der Waals surface area contributed by atoms with Gasteiger partial charge in [-0.2, -0.15) is 0 Å². The minimum Gasteiger partial charge on any atom is -0.313 e. The molecule has 0 radical (unpaired) electrons. The molecule has 1 fully saturated rings. The van der Waals surface area contributed by atoms with Crippen molar-refractivity contribution >= 4 is 0 Å². The van der Waals surface area contributed by atoms with Crippen LogP contribution < -0.4 is 5.32 Å². The molecule has 4 heteroatoms. The second-order valence-electron chi connectivity index (χ2n) is 6.36. The van der Waals surface area contributed by atoms with Crippen LogP contribution in [0.3, 0.4) is 0 Å². The zero-order valence-electron chi connectivity index (χ0n) is 13.2. The molecule has 2 nitrogen and oxygen atoms in total. The van der Waals surface area contributed by atoms with Gasteiger partial charge < -0.3 is 10.2 Å². The summed E-state index contributed by atoms with van der Waals surface area (Å²) in [5, 5.41) is 3.18. The van der Waals surface area contributed by atoms with Gasteiger partial charge in [0.25, 0.3) is 0 Å². The first kappa shape index (κ1) is 16.4. The number of hydrogen-bond acceptors (Lipinski definition) is 2.